The summed E-state index contributed by atoms with van der Waals surface area (Å²) in [7, 11) is 1.67. The maximum Gasteiger partial charge on any atom is 0.256 e. The summed E-state index contributed by atoms with van der Waals surface area (Å²) in [6.45, 7) is 2.66. The zero-order valence-corrected chi connectivity index (χ0v) is 13.5. The highest BCUT2D eigenvalue weighted by Crippen LogP contribution is 2.12. The van der Waals surface area contributed by atoms with Crippen LogP contribution in [0.25, 0.3) is 0 Å². The van der Waals surface area contributed by atoms with E-state index in [9.17, 15) is 9.90 Å². The maximum absolute atomic E-state index is 12.2. The second-order valence-corrected chi connectivity index (χ2v) is 5.78. The molecule has 1 heterocycles. The summed E-state index contributed by atoms with van der Waals surface area (Å²) < 4.78 is 9.57. The number of nitrogens with zero attached hydrogens (tertiary/aromatic N) is 2. The number of aliphatic hydroxyl groups is 1. The molecule has 1 amide bonds. The summed E-state index contributed by atoms with van der Waals surface area (Å²) in [4.78, 5) is 13.7. The van der Waals surface area contributed by atoms with Gasteiger partial charge in [0.2, 0.25) is 0 Å². The second-order valence-electron chi connectivity index (χ2n) is 5.15. The average molecular weight is 320 g/mol. The number of aliphatic hydroxyl groups excluding tert-OH is 1. The van der Waals surface area contributed by atoms with E-state index in [0.29, 0.717) is 12.2 Å². The van der Waals surface area contributed by atoms with E-state index in [1.54, 1.807) is 19.4 Å². The molecule has 1 N–H and O–H groups in total. The van der Waals surface area contributed by atoms with Crippen molar-refractivity contribution < 1.29 is 14.6 Å². The van der Waals surface area contributed by atoms with Gasteiger partial charge in [-0.2, -0.15) is 4.37 Å². The molecule has 0 spiro atoms. The monoisotopic (exact) mass is 320 g/mol. The van der Waals surface area contributed by atoms with Crippen molar-refractivity contribution in [2.24, 2.45) is 0 Å². The first-order valence-electron chi connectivity index (χ1n) is 7.04. The fourth-order valence-electron chi connectivity index (χ4n) is 2.04. The number of benzene rings is 1. The zero-order chi connectivity index (χ0) is 15.9. The molecule has 1 aromatic heterocycles. The van der Waals surface area contributed by atoms with Crippen LogP contribution < -0.4 is 0 Å². The van der Waals surface area contributed by atoms with Crippen LogP contribution in [-0.4, -0.2) is 46.6 Å². The summed E-state index contributed by atoms with van der Waals surface area (Å²) >= 11 is 1.26. The smallest absolute Gasteiger partial charge is 0.256 e. The summed E-state index contributed by atoms with van der Waals surface area (Å²) in [6.07, 6.45) is -0.718. The van der Waals surface area contributed by atoms with Gasteiger partial charge in [0.25, 0.3) is 5.91 Å². The van der Waals surface area contributed by atoms with Crippen LogP contribution in [0.4, 0.5) is 0 Å². The van der Waals surface area contributed by atoms with Crippen LogP contribution >= 0.6 is 11.5 Å². The van der Waals surface area contributed by atoms with E-state index in [2.05, 4.69) is 4.37 Å². The van der Waals surface area contributed by atoms with Gasteiger partial charge in [-0.05, 0) is 24.0 Å². The van der Waals surface area contributed by atoms with Gasteiger partial charge in [0, 0.05) is 19.0 Å². The molecular weight excluding hydrogens is 300 g/mol. The quantitative estimate of drug-likeness (QED) is 0.848. The molecule has 1 aromatic carbocycles. The Morgan fingerprint density at radius 2 is 2.14 bits per heavy atom. The first-order valence-corrected chi connectivity index (χ1v) is 7.87. The number of hydrogen-bond acceptors (Lipinski definition) is 5. The molecule has 0 aliphatic heterocycles. The minimum absolute atomic E-state index is 0.131. The van der Waals surface area contributed by atoms with Gasteiger partial charge in [0.1, 0.15) is 0 Å². The predicted octanol–water partition coefficient (Wildman–Crippen LogP) is 2.10. The molecule has 0 radical (unpaired) electrons. The highest BCUT2D eigenvalue weighted by molar-refractivity contribution is 7.03. The Morgan fingerprint density at radius 3 is 2.77 bits per heavy atom. The molecule has 22 heavy (non-hydrogen) atoms. The van der Waals surface area contributed by atoms with E-state index >= 15 is 0 Å². The zero-order valence-electron chi connectivity index (χ0n) is 12.7. The van der Waals surface area contributed by atoms with E-state index in [4.69, 9.17) is 4.74 Å². The van der Waals surface area contributed by atoms with Gasteiger partial charge >= 0.3 is 0 Å². The summed E-state index contributed by atoms with van der Waals surface area (Å²) in [5.41, 5.74) is 2.36. The van der Waals surface area contributed by atoms with Crippen LogP contribution in [-0.2, 0) is 11.3 Å². The van der Waals surface area contributed by atoms with Crippen molar-refractivity contribution in [1.29, 1.82) is 0 Å². The summed E-state index contributed by atoms with van der Waals surface area (Å²) in [6, 6.07) is 9.76. The van der Waals surface area contributed by atoms with Crippen LogP contribution in [0.2, 0.25) is 0 Å². The van der Waals surface area contributed by atoms with Crippen LogP contribution in [0.1, 0.15) is 21.6 Å². The van der Waals surface area contributed by atoms with Gasteiger partial charge in [-0.15, -0.1) is 0 Å². The third kappa shape index (κ3) is 4.62. The Labute approximate surface area is 134 Å². The molecular formula is C16H20N2O3S. The predicted molar refractivity (Wildman–Crippen MR) is 85.9 cm³/mol. The van der Waals surface area contributed by atoms with E-state index in [1.165, 1.54) is 16.4 Å². The van der Waals surface area contributed by atoms with Crippen LogP contribution in [0.5, 0.6) is 0 Å². The van der Waals surface area contributed by atoms with Crippen molar-refractivity contribution in [1.82, 2.24) is 9.27 Å². The van der Waals surface area contributed by atoms with Crippen molar-refractivity contribution in [3.63, 3.8) is 0 Å². The minimum atomic E-state index is -0.718. The molecule has 2 aromatic rings. The third-order valence-electron chi connectivity index (χ3n) is 3.23. The lowest BCUT2D eigenvalue weighted by atomic mass is 10.2. The Bertz CT molecular complexity index is 600. The Morgan fingerprint density at radius 1 is 1.41 bits per heavy atom. The average Bonchev–Trinajstić information content (AvgIpc) is 2.93. The van der Waals surface area contributed by atoms with Gasteiger partial charge in [0.05, 0.1) is 30.6 Å². The largest absolute Gasteiger partial charge is 0.389 e. The molecule has 0 bridgehead atoms. The Kier molecular flexibility index (Phi) is 6.06. The molecule has 1 atom stereocenters. The van der Waals surface area contributed by atoms with Crippen LogP contribution in [0.15, 0.2) is 35.7 Å². The van der Waals surface area contributed by atoms with Crippen molar-refractivity contribution in [2.75, 3.05) is 20.2 Å². The minimum Gasteiger partial charge on any atom is -0.389 e. The molecule has 6 heteroatoms. The van der Waals surface area contributed by atoms with E-state index in [1.807, 2.05) is 30.3 Å². The van der Waals surface area contributed by atoms with Crippen molar-refractivity contribution in [3.8, 4) is 0 Å². The second kappa shape index (κ2) is 8.03. The van der Waals surface area contributed by atoms with E-state index < -0.39 is 6.10 Å². The Hall–Kier alpha value is -1.76. The number of carbonyl (C=O) groups is 1. The summed E-state index contributed by atoms with van der Waals surface area (Å²) in [5, 5.41) is 11.7. The number of aromatic nitrogens is 1. The highest BCUT2D eigenvalue weighted by atomic mass is 32.1. The van der Waals surface area contributed by atoms with Gasteiger partial charge in [-0.25, -0.2) is 0 Å². The van der Waals surface area contributed by atoms with Gasteiger partial charge < -0.3 is 14.7 Å². The number of aryl methyl sites for hydroxylation is 1. The maximum atomic E-state index is 12.2. The fraction of sp³-hybridized carbons (Fsp3) is 0.375. The first-order chi connectivity index (χ1) is 10.6. The molecule has 2 rings (SSSR count). The van der Waals surface area contributed by atoms with Gasteiger partial charge in [0.15, 0.2) is 0 Å². The number of amides is 1. The number of hydrogen-bond donors (Lipinski definition) is 1. The lowest BCUT2D eigenvalue weighted by Gasteiger charge is -2.20. The summed E-state index contributed by atoms with van der Waals surface area (Å²) in [5.74, 6) is -0.131. The number of likely N-dealkylation sites (N-methyl/N-ethyl adjacent to an activating group) is 1. The molecule has 5 nitrogen and oxygen atoms in total. The van der Waals surface area contributed by atoms with Crippen molar-refractivity contribution in [3.05, 3.63) is 52.5 Å². The fourth-order valence-corrected chi connectivity index (χ4v) is 2.73. The SMILES string of the molecule is Cc1nscc1C(=O)N(C)CC(O)COCc1ccccc1. The van der Waals surface area contributed by atoms with E-state index in [0.717, 1.165) is 11.3 Å². The van der Waals surface area contributed by atoms with Gasteiger partial charge in [-0.3, -0.25) is 4.79 Å². The van der Waals surface area contributed by atoms with Gasteiger partial charge in [-0.1, -0.05) is 30.3 Å². The number of ether oxygens (including phenoxy) is 1. The van der Waals surface area contributed by atoms with E-state index in [-0.39, 0.29) is 19.1 Å². The lowest BCUT2D eigenvalue weighted by Crippen LogP contribution is -2.36. The molecule has 0 aliphatic rings. The molecule has 0 saturated carbocycles. The Balaban J connectivity index is 1.75. The topological polar surface area (TPSA) is 62.7 Å². The van der Waals surface area contributed by atoms with Crippen molar-refractivity contribution >= 4 is 17.4 Å². The first kappa shape index (κ1) is 16.6. The molecule has 118 valence electrons. The highest BCUT2D eigenvalue weighted by Gasteiger charge is 2.18. The van der Waals surface area contributed by atoms with Crippen LogP contribution in [0, 0.1) is 6.92 Å². The number of carbonyl (C=O) groups excluding carboxylic acids is 1. The molecule has 0 saturated heterocycles. The van der Waals surface area contributed by atoms with Crippen LogP contribution in [0.3, 0.4) is 0 Å². The lowest BCUT2D eigenvalue weighted by molar-refractivity contribution is 0.0137. The van der Waals surface area contributed by atoms with Crippen molar-refractivity contribution in [2.45, 2.75) is 19.6 Å². The molecule has 1 unspecified atom stereocenters. The normalized spacial score (nSPS) is 12.1. The standard InChI is InChI=1S/C16H20N2O3S/c1-12-15(11-22-17-12)16(20)18(2)8-14(19)10-21-9-13-6-4-3-5-7-13/h3-7,11,14,19H,8-10H2,1-2H3. The molecule has 0 aliphatic carbocycles. The third-order valence-corrected chi connectivity index (χ3v) is 3.95. The number of rotatable bonds is 7. The molecule has 0 fully saturated rings.